The van der Waals surface area contributed by atoms with Crippen LogP contribution in [0.5, 0.6) is 0 Å². The van der Waals surface area contributed by atoms with Crippen molar-refractivity contribution in [2.24, 2.45) is 0 Å². The molecule has 0 saturated carbocycles. The van der Waals surface area contributed by atoms with Gasteiger partial charge in [0.25, 0.3) is 0 Å². The Hall–Kier alpha value is -2.20. The number of benzene rings is 1. The minimum atomic E-state index is -4.33. The van der Waals surface area contributed by atoms with Crippen LogP contribution in [0, 0.1) is 0 Å². The summed E-state index contributed by atoms with van der Waals surface area (Å²) in [6, 6.07) is 5.66. The lowest BCUT2D eigenvalue weighted by molar-refractivity contribution is -0.137. The maximum Gasteiger partial charge on any atom is 0.416 e. The van der Waals surface area contributed by atoms with Gasteiger partial charge in [-0.05, 0) is 47.9 Å². The van der Waals surface area contributed by atoms with Gasteiger partial charge in [-0.25, -0.2) is 4.68 Å². The van der Waals surface area contributed by atoms with Gasteiger partial charge in [0.1, 0.15) is 0 Å². The van der Waals surface area contributed by atoms with Crippen molar-refractivity contribution in [2.75, 3.05) is 37.7 Å². The van der Waals surface area contributed by atoms with E-state index in [0.29, 0.717) is 25.3 Å². The lowest BCUT2D eigenvalue weighted by Gasteiger charge is -2.40. The molecule has 3 heterocycles. The normalized spacial score (nSPS) is 21.5. The molecular weight excluding hydrogens is 409 g/mol. The van der Waals surface area contributed by atoms with Crippen molar-refractivity contribution in [3.63, 3.8) is 0 Å². The Morgan fingerprint density at radius 2 is 2.00 bits per heavy atom. The summed E-state index contributed by atoms with van der Waals surface area (Å²) in [7, 11) is 0. The minimum absolute atomic E-state index is 0.0880. The van der Waals surface area contributed by atoms with Crippen LogP contribution in [0.3, 0.4) is 0 Å². The van der Waals surface area contributed by atoms with E-state index in [2.05, 4.69) is 27.3 Å². The molecule has 2 aliphatic heterocycles. The predicted octanol–water partition coefficient (Wildman–Crippen LogP) is 3.53. The van der Waals surface area contributed by atoms with E-state index in [-0.39, 0.29) is 12.1 Å². The highest BCUT2D eigenvalue weighted by atomic mass is 19.4. The van der Waals surface area contributed by atoms with Crippen molar-refractivity contribution in [3.05, 3.63) is 35.7 Å². The fourth-order valence-electron chi connectivity index (χ4n) is 4.48. The van der Waals surface area contributed by atoms with Crippen LogP contribution in [-0.4, -0.2) is 64.0 Å². The topological polar surface area (TPSA) is 59.3 Å². The average molecular weight is 438 g/mol. The predicted molar refractivity (Wildman–Crippen MR) is 110 cm³/mol. The number of piperazine rings is 1. The summed E-state index contributed by atoms with van der Waals surface area (Å²) in [5, 5.41) is 12.5. The van der Waals surface area contributed by atoms with Gasteiger partial charge >= 0.3 is 6.18 Å². The molecule has 10 heteroatoms. The van der Waals surface area contributed by atoms with Gasteiger partial charge in [-0.2, -0.15) is 13.2 Å². The van der Waals surface area contributed by atoms with Crippen LogP contribution in [0.25, 0.3) is 0 Å². The van der Waals surface area contributed by atoms with Gasteiger partial charge in [-0.1, -0.05) is 19.4 Å². The highest BCUT2D eigenvalue weighted by Gasteiger charge is 2.32. The Balaban J connectivity index is 1.43. The highest BCUT2D eigenvalue weighted by Crippen LogP contribution is 2.33. The fraction of sp³-hybridized carbons (Fsp3) is 0.667. The van der Waals surface area contributed by atoms with E-state index in [9.17, 15) is 13.2 Å². The molecule has 2 atom stereocenters. The van der Waals surface area contributed by atoms with Gasteiger partial charge in [0.15, 0.2) is 5.82 Å². The summed E-state index contributed by atoms with van der Waals surface area (Å²) in [6.07, 6.45) is -0.168. The Morgan fingerprint density at radius 1 is 1.19 bits per heavy atom. The molecule has 0 radical (unpaired) electrons. The van der Waals surface area contributed by atoms with Gasteiger partial charge in [-0.15, -0.1) is 5.10 Å². The third kappa shape index (κ3) is 5.17. The van der Waals surface area contributed by atoms with E-state index in [4.69, 9.17) is 4.74 Å². The first-order valence-corrected chi connectivity index (χ1v) is 11.0. The molecular formula is C21H29F3N6O. The average Bonchev–Trinajstić information content (AvgIpc) is 3.44. The summed E-state index contributed by atoms with van der Waals surface area (Å²) in [6.45, 7) is 6.40. The zero-order valence-electron chi connectivity index (χ0n) is 17.8. The first-order valence-electron chi connectivity index (χ1n) is 11.0. The van der Waals surface area contributed by atoms with E-state index in [1.807, 2.05) is 9.58 Å². The van der Waals surface area contributed by atoms with Crippen LogP contribution in [0.1, 0.15) is 50.0 Å². The third-order valence-electron chi connectivity index (χ3n) is 6.11. The van der Waals surface area contributed by atoms with Crippen molar-refractivity contribution in [1.29, 1.82) is 0 Å². The van der Waals surface area contributed by atoms with Crippen molar-refractivity contribution in [3.8, 4) is 0 Å². The maximum atomic E-state index is 13.1. The van der Waals surface area contributed by atoms with Crippen LogP contribution in [0.15, 0.2) is 24.3 Å². The number of aromatic nitrogens is 4. The largest absolute Gasteiger partial charge is 0.416 e. The maximum absolute atomic E-state index is 13.1. The van der Waals surface area contributed by atoms with E-state index < -0.39 is 11.7 Å². The molecule has 2 unspecified atom stereocenters. The molecule has 0 spiro atoms. The van der Waals surface area contributed by atoms with Gasteiger partial charge in [-0.3, -0.25) is 4.90 Å². The summed E-state index contributed by atoms with van der Waals surface area (Å²) in [5.41, 5.74) is 0.00864. The second-order valence-corrected chi connectivity index (χ2v) is 8.23. The Bertz CT molecular complexity index is 844. The number of hydrogen-bond acceptors (Lipinski definition) is 6. The van der Waals surface area contributed by atoms with Gasteiger partial charge < -0.3 is 9.64 Å². The van der Waals surface area contributed by atoms with Crippen LogP contribution in [-0.2, 0) is 17.5 Å². The lowest BCUT2D eigenvalue weighted by atomic mass is 10.1. The third-order valence-corrected chi connectivity index (χ3v) is 6.11. The second kappa shape index (κ2) is 9.52. The van der Waals surface area contributed by atoms with Crippen molar-refractivity contribution in [1.82, 2.24) is 25.1 Å². The number of nitrogens with zero attached hydrogens (tertiary/aromatic N) is 6. The SMILES string of the molecule is CCCC(c1nnnn1CC1CCCO1)N1CCN(c2cccc(C(F)(F)F)c2)CC1. The highest BCUT2D eigenvalue weighted by molar-refractivity contribution is 5.49. The van der Waals surface area contributed by atoms with Crippen molar-refractivity contribution >= 4 is 5.69 Å². The first kappa shape index (κ1) is 22.0. The number of tetrazole rings is 1. The number of ether oxygens (including phenoxy) is 1. The van der Waals surface area contributed by atoms with Gasteiger partial charge in [0, 0.05) is 38.5 Å². The fourth-order valence-corrected chi connectivity index (χ4v) is 4.48. The molecule has 0 aliphatic carbocycles. The van der Waals surface area contributed by atoms with Crippen LogP contribution < -0.4 is 4.90 Å². The van der Waals surface area contributed by atoms with Gasteiger partial charge in [0.2, 0.25) is 0 Å². The number of hydrogen-bond donors (Lipinski definition) is 0. The number of alkyl halides is 3. The Kier molecular flexibility index (Phi) is 6.76. The second-order valence-electron chi connectivity index (χ2n) is 8.23. The summed E-state index contributed by atoms with van der Waals surface area (Å²) < 4.78 is 46.8. The summed E-state index contributed by atoms with van der Waals surface area (Å²) in [5.74, 6) is 0.852. The molecule has 2 fully saturated rings. The summed E-state index contributed by atoms with van der Waals surface area (Å²) in [4.78, 5) is 4.37. The monoisotopic (exact) mass is 438 g/mol. The zero-order chi connectivity index (χ0) is 21.8. The quantitative estimate of drug-likeness (QED) is 0.659. The molecule has 2 aliphatic rings. The molecule has 0 bridgehead atoms. The smallest absolute Gasteiger partial charge is 0.376 e. The number of halogens is 3. The minimum Gasteiger partial charge on any atom is -0.376 e. The molecule has 1 aromatic carbocycles. The molecule has 7 nitrogen and oxygen atoms in total. The number of rotatable bonds is 7. The molecule has 4 rings (SSSR count). The van der Waals surface area contributed by atoms with E-state index in [0.717, 1.165) is 57.3 Å². The molecule has 170 valence electrons. The van der Waals surface area contributed by atoms with Crippen LogP contribution in [0.2, 0.25) is 0 Å². The van der Waals surface area contributed by atoms with Crippen LogP contribution >= 0.6 is 0 Å². The van der Waals surface area contributed by atoms with Crippen molar-refractivity contribution in [2.45, 2.75) is 57.5 Å². The number of anilines is 1. The molecule has 31 heavy (non-hydrogen) atoms. The molecule has 0 N–H and O–H groups in total. The first-order chi connectivity index (χ1) is 15.0. The van der Waals surface area contributed by atoms with E-state index in [1.54, 1.807) is 6.07 Å². The van der Waals surface area contributed by atoms with Gasteiger partial charge in [0.05, 0.1) is 24.3 Å². The molecule has 2 saturated heterocycles. The standard InChI is InChI=1S/C21H29F3N6O/c1-2-5-19(20-25-26-27-30(20)15-18-8-4-13-31-18)29-11-9-28(10-12-29)17-7-3-6-16(14-17)21(22,23)24/h3,6-7,14,18-19H,2,4-5,8-13,15H2,1H3. The summed E-state index contributed by atoms with van der Waals surface area (Å²) >= 11 is 0. The molecule has 0 amide bonds. The van der Waals surface area contributed by atoms with E-state index in [1.165, 1.54) is 12.1 Å². The molecule has 1 aromatic heterocycles. The van der Waals surface area contributed by atoms with Crippen LogP contribution in [0.4, 0.5) is 18.9 Å². The van der Waals surface area contributed by atoms with E-state index >= 15 is 0 Å². The van der Waals surface area contributed by atoms with Crippen molar-refractivity contribution < 1.29 is 17.9 Å². The molecule has 2 aromatic rings. The zero-order valence-corrected chi connectivity index (χ0v) is 17.8. The Morgan fingerprint density at radius 3 is 2.68 bits per heavy atom. The Labute approximate surface area is 180 Å². The lowest BCUT2D eigenvalue weighted by Crippen LogP contribution is -2.48.